The van der Waals surface area contributed by atoms with Crippen molar-refractivity contribution in [3.05, 3.63) is 30.3 Å². The third-order valence-electron chi connectivity index (χ3n) is 1.75. The van der Waals surface area contributed by atoms with Crippen molar-refractivity contribution in [2.75, 3.05) is 18.1 Å². The van der Waals surface area contributed by atoms with E-state index in [0.29, 0.717) is 5.11 Å². The van der Waals surface area contributed by atoms with Gasteiger partial charge in [0.25, 0.3) is 0 Å². The van der Waals surface area contributed by atoms with Crippen molar-refractivity contribution in [3.63, 3.8) is 0 Å². The van der Waals surface area contributed by atoms with Crippen molar-refractivity contribution in [2.24, 2.45) is 4.99 Å². The zero-order valence-corrected chi connectivity index (χ0v) is 11.0. The molecule has 0 aromatic heterocycles. The standard InChI is InChI=1S/C11H15N3S2/c1-3-12-11(16-2)14-10(15)13-9-7-5-4-6-8-9/h4-8H,3H2,1-2H3,(H2,12,13,14,15). The highest BCUT2D eigenvalue weighted by molar-refractivity contribution is 8.13. The Morgan fingerprint density at radius 2 is 2.06 bits per heavy atom. The summed E-state index contributed by atoms with van der Waals surface area (Å²) in [6, 6.07) is 9.81. The second kappa shape index (κ2) is 7.24. The molecule has 0 aliphatic heterocycles. The van der Waals surface area contributed by atoms with Crippen LogP contribution in [0.15, 0.2) is 35.3 Å². The topological polar surface area (TPSA) is 36.4 Å². The third kappa shape index (κ3) is 4.63. The molecule has 0 bridgehead atoms. The maximum atomic E-state index is 5.18. The Labute approximate surface area is 106 Å². The molecule has 0 radical (unpaired) electrons. The Morgan fingerprint density at radius 1 is 1.38 bits per heavy atom. The lowest BCUT2D eigenvalue weighted by molar-refractivity contribution is 1.12. The molecule has 0 saturated carbocycles. The SMILES string of the molecule is CCN=C(NC(=S)Nc1ccccc1)SC. The molecule has 0 aliphatic rings. The van der Waals surface area contributed by atoms with E-state index in [0.717, 1.165) is 17.4 Å². The summed E-state index contributed by atoms with van der Waals surface area (Å²) < 4.78 is 0. The predicted molar refractivity (Wildman–Crippen MR) is 77.3 cm³/mol. The van der Waals surface area contributed by atoms with Crippen LogP contribution in [0.3, 0.4) is 0 Å². The number of amidine groups is 1. The first-order valence-electron chi connectivity index (χ1n) is 4.97. The zero-order valence-electron chi connectivity index (χ0n) is 9.36. The Kier molecular flexibility index (Phi) is 5.88. The molecule has 16 heavy (non-hydrogen) atoms. The van der Waals surface area contributed by atoms with Crippen molar-refractivity contribution in [1.29, 1.82) is 0 Å². The monoisotopic (exact) mass is 253 g/mol. The summed E-state index contributed by atoms with van der Waals surface area (Å²) in [6.07, 6.45) is 1.96. The number of aliphatic imine (C=N–C) groups is 1. The number of nitrogens with zero attached hydrogens (tertiary/aromatic N) is 1. The van der Waals surface area contributed by atoms with Gasteiger partial charge >= 0.3 is 0 Å². The van der Waals surface area contributed by atoms with Crippen molar-refractivity contribution >= 4 is 39.9 Å². The summed E-state index contributed by atoms with van der Waals surface area (Å²) >= 11 is 6.72. The number of hydrogen-bond acceptors (Lipinski definition) is 3. The molecule has 1 rings (SSSR count). The molecule has 1 aromatic rings. The molecule has 1 aromatic carbocycles. The number of benzene rings is 1. The predicted octanol–water partition coefficient (Wildman–Crippen LogP) is 2.71. The van der Waals surface area contributed by atoms with Gasteiger partial charge in [0.15, 0.2) is 10.3 Å². The Balaban J connectivity index is 2.51. The first kappa shape index (κ1) is 13.0. The van der Waals surface area contributed by atoms with Gasteiger partial charge in [-0.3, -0.25) is 4.99 Å². The van der Waals surface area contributed by atoms with E-state index in [1.54, 1.807) is 11.8 Å². The van der Waals surface area contributed by atoms with Gasteiger partial charge in [-0.15, -0.1) is 0 Å². The number of nitrogens with one attached hydrogen (secondary N) is 2. The van der Waals surface area contributed by atoms with Gasteiger partial charge in [-0.05, 0) is 37.5 Å². The van der Waals surface area contributed by atoms with Gasteiger partial charge in [-0.25, -0.2) is 0 Å². The van der Waals surface area contributed by atoms with Crippen LogP contribution < -0.4 is 10.6 Å². The summed E-state index contributed by atoms with van der Waals surface area (Å²) in [5.41, 5.74) is 0.969. The van der Waals surface area contributed by atoms with Crippen LogP contribution in [0.4, 0.5) is 5.69 Å². The van der Waals surface area contributed by atoms with Gasteiger partial charge in [0, 0.05) is 12.2 Å². The molecular weight excluding hydrogens is 238 g/mol. The van der Waals surface area contributed by atoms with Crippen molar-refractivity contribution in [2.45, 2.75) is 6.92 Å². The van der Waals surface area contributed by atoms with Crippen LogP contribution in [0.25, 0.3) is 0 Å². The molecule has 0 amide bonds. The summed E-state index contributed by atoms with van der Waals surface area (Å²) in [7, 11) is 0. The second-order valence-electron chi connectivity index (χ2n) is 2.93. The summed E-state index contributed by atoms with van der Waals surface area (Å²) in [6.45, 7) is 2.74. The van der Waals surface area contributed by atoms with Gasteiger partial charge in [-0.2, -0.15) is 0 Å². The third-order valence-corrected chi connectivity index (χ3v) is 2.57. The maximum Gasteiger partial charge on any atom is 0.176 e. The fourth-order valence-corrected chi connectivity index (χ4v) is 1.82. The fourth-order valence-electron chi connectivity index (χ4n) is 1.08. The van der Waals surface area contributed by atoms with E-state index < -0.39 is 0 Å². The van der Waals surface area contributed by atoms with E-state index in [1.807, 2.05) is 43.5 Å². The van der Waals surface area contributed by atoms with Gasteiger partial charge in [0.2, 0.25) is 0 Å². The number of anilines is 1. The molecule has 2 N–H and O–H groups in total. The highest BCUT2D eigenvalue weighted by atomic mass is 32.2. The lowest BCUT2D eigenvalue weighted by atomic mass is 10.3. The molecule has 0 aliphatic carbocycles. The van der Waals surface area contributed by atoms with Crippen LogP contribution in [0.2, 0.25) is 0 Å². The number of rotatable bonds is 2. The molecule has 3 nitrogen and oxygen atoms in total. The fraction of sp³-hybridized carbons (Fsp3) is 0.273. The number of thioether (sulfide) groups is 1. The first-order valence-corrected chi connectivity index (χ1v) is 6.61. The lowest BCUT2D eigenvalue weighted by Crippen LogP contribution is -2.32. The highest BCUT2D eigenvalue weighted by Gasteiger charge is 2.00. The van der Waals surface area contributed by atoms with Crippen LogP contribution in [0.1, 0.15) is 6.92 Å². The molecule has 0 atom stereocenters. The van der Waals surface area contributed by atoms with Crippen molar-refractivity contribution in [3.8, 4) is 0 Å². The van der Waals surface area contributed by atoms with Crippen LogP contribution in [-0.4, -0.2) is 23.1 Å². The number of para-hydroxylation sites is 1. The molecule has 0 fully saturated rings. The van der Waals surface area contributed by atoms with E-state index in [-0.39, 0.29) is 0 Å². The highest BCUT2D eigenvalue weighted by Crippen LogP contribution is 2.05. The van der Waals surface area contributed by atoms with E-state index in [1.165, 1.54) is 0 Å². The molecule has 0 unspecified atom stereocenters. The lowest BCUT2D eigenvalue weighted by Gasteiger charge is -2.10. The summed E-state index contributed by atoms with van der Waals surface area (Å²) in [5.74, 6) is 0. The van der Waals surface area contributed by atoms with Gasteiger partial charge in [0.1, 0.15) is 0 Å². The summed E-state index contributed by atoms with van der Waals surface area (Å²) in [4.78, 5) is 4.27. The van der Waals surface area contributed by atoms with Gasteiger partial charge in [0.05, 0.1) is 0 Å². The van der Waals surface area contributed by atoms with Crippen molar-refractivity contribution < 1.29 is 0 Å². The average Bonchev–Trinajstić information content (AvgIpc) is 2.29. The minimum atomic E-state index is 0.563. The maximum absolute atomic E-state index is 5.18. The number of hydrogen-bond donors (Lipinski definition) is 2. The van der Waals surface area contributed by atoms with E-state index >= 15 is 0 Å². The molecule has 0 heterocycles. The molecule has 86 valence electrons. The Bertz CT molecular complexity index is 363. The van der Waals surface area contributed by atoms with Crippen LogP contribution in [-0.2, 0) is 0 Å². The normalized spacial score (nSPS) is 11.0. The minimum absolute atomic E-state index is 0.563. The van der Waals surface area contributed by atoms with Crippen LogP contribution in [0, 0.1) is 0 Å². The second-order valence-corrected chi connectivity index (χ2v) is 4.13. The summed E-state index contributed by atoms with van der Waals surface area (Å²) in [5, 5.41) is 7.53. The van der Waals surface area contributed by atoms with Gasteiger partial charge < -0.3 is 10.6 Å². The van der Waals surface area contributed by atoms with E-state index in [2.05, 4.69) is 15.6 Å². The smallest absolute Gasteiger partial charge is 0.176 e. The minimum Gasteiger partial charge on any atom is -0.332 e. The average molecular weight is 253 g/mol. The molecule has 5 heteroatoms. The first-order chi connectivity index (χ1) is 7.76. The molecule has 0 saturated heterocycles. The largest absolute Gasteiger partial charge is 0.332 e. The molecule has 0 spiro atoms. The Hall–Kier alpha value is -1.07. The van der Waals surface area contributed by atoms with Crippen molar-refractivity contribution in [1.82, 2.24) is 5.32 Å². The van der Waals surface area contributed by atoms with Crippen LogP contribution >= 0.6 is 24.0 Å². The Morgan fingerprint density at radius 3 is 2.62 bits per heavy atom. The van der Waals surface area contributed by atoms with Gasteiger partial charge in [-0.1, -0.05) is 30.0 Å². The van der Waals surface area contributed by atoms with E-state index in [4.69, 9.17) is 12.2 Å². The van der Waals surface area contributed by atoms with E-state index in [9.17, 15) is 0 Å². The van der Waals surface area contributed by atoms with Crippen LogP contribution in [0.5, 0.6) is 0 Å². The number of thiocarbonyl (C=S) groups is 1. The quantitative estimate of drug-likeness (QED) is 0.483. The molecular formula is C11H15N3S2. The zero-order chi connectivity index (χ0) is 11.8.